The van der Waals surface area contributed by atoms with E-state index in [1.165, 1.54) is 22.8 Å². The topological polar surface area (TPSA) is 140 Å². The van der Waals surface area contributed by atoms with E-state index >= 15 is 0 Å². The quantitative estimate of drug-likeness (QED) is 0.392. The molecule has 1 aliphatic rings. The van der Waals surface area contributed by atoms with Gasteiger partial charge < -0.3 is 5.11 Å². The van der Waals surface area contributed by atoms with E-state index in [2.05, 4.69) is 4.98 Å². The molecule has 2 aromatic heterocycles. The number of allylic oxidation sites excluding steroid dienone is 2. The zero-order chi connectivity index (χ0) is 28.9. The van der Waals surface area contributed by atoms with Gasteiger partial charge in [0.05, 0.1) is 0 Å². The summed E-state index contributed by atoms with van der Waals surface area (Å²) in [5.74, 6) is -1.33. The van der Waals surface area contributed by atoms with Crippen LogP contribution >= 0.6 is 0 Å². The van der Waals surface area contributed by atoms with Gasteiger partial charge in [-0.3, -0.25) is 28.8 Å². The number of hydrogen-bond acceptors (Lipinski definition) is 7. The van der Waals surface area contributed by atoms with Gasteiger partial charge in [-0.25, -0.2) is 0 Å². The van der Waals surface area contributed by atoms with E-state index in [4.69, 9.17) is 0 Å². The maximum atomic E-state index is 12.9. The monoisotopic (exact) mass is 527 g/mol. The summed E-state index contributed by atoms with van der Waals surface area (Å²) in [6.07, 6.45) is 10.9. The molecule has 0 fully saturated rings. The Morgan fingerprint density at radius 2 is 1.59 bits per heavy atom. The smallest absolute Gasteiger partial charge is 0.271 e. The molecule has 0 saturated heterocycles. The summed E-state index contributed by atoms with van der Waals surface area (Å²) < 4.78 is 1.18. The van der Waals surface area contributed by atoms with Crippen molar-refractivity contribution in [2.75, 3.05) is 6.54 Å². The molecule has 0 atom stereocenters. The zero-order valence-electron chi connectivity index (χ0n) is 22.8. The normalized spacial score (nSPS) is 14.3. The first kappa shape index (κ1) is 30.5. The molecule has 0 unspecified atom stereocenters. The van der Waals surface area contributed by atoms with E-state index < -0.39 is 17.4 Å². The maximum absolute atomic E-state index is 12.9. The summed E-state index contributed by atoms with van der Waals surface area (Å²) in [7, 11) is 0. The van der Waals surface area contributed by atoms with E-state index in [9.17, 15) is 30.0 Å². The Hall–Kier alpha value is -4.76. The van der Waals surface area contributed by atoms with Crippen LogP contribution < -0.4 is 5.56 Å². The number of carbonyl (C=O) groups excluding carboxylic acids is 2. The van der Waals surface area contributed by atoms with Crippen molar-refractivity contribution in [2.45, 2.75) is 59.9 Å². The largest absolute Gasteiger partial charge is 0.494 e. The predicted molar refractivity (Wildman–Crippen MR) is 148 cm³/mol. The summed E-state index contributed by atoms with van der Waals surface area (Å²) >= 11 is 0. The van der Waals surface area contributed by atoms with Crippen LogP contribution in [0.4, 0.5) is 0 Å². The lowest BCUT2D eigenvalue weighted by Crippen LogP contribution is -2.43. The average molecular weight is 528 g/mol. The highest BCUT2D eigenvalue weighted by molar-refractivity contribution is 6.18. The first-order chi connectivity index (χ1) is 18.7. The molecule has 0 spiro atoms. The second-order valence-electron chi connectivity index (χ2n) is 8.85. The van der Waals surface area contributed by atoms with Crippen LogP contribution in [0.1, 0.15) is 63.1 Å². The second-order valence-corrected chi connectivity index (χ2v) is 8.85. The third kappa shape index (κ3) is 7.18. The molecule has 9 heteroatoms. The Balaban J connectivity index is 0.000000780. The molecular weight excluding hydrogens is 494 g/mol. The van der Waals surface area contributed by atoms with E-state index in [1.54, 1.807) is 26.2 Å². The molecular formula is C30H33N5O4. The first-order valence-electron chi connectivity index (χ1n) is 12.8. The molecule has 0 saturated carbocycles. The fraction of sp³-hybridized carbons (Fsp3) is 0.333. The lowest BCUT2D eigenvalue weighted by atomic mass is 9.94. The Morgan fingerprint density at radius 3 is 2.10 bits per heavy atom. The maximum Gasteiger partial charge on any atom is 0.271 e. The third-order valence-electron chi connectivity index (χ3n) is 6.23. The van der Waals surface area contributed by atoms with Gasteiger partial charge in [0.1, 0.15) is 23.3 Å². The molecule has 9 nitrogen and oxygen atoms in total. The molecule has 0 aliphatic carbocycles. The fourth-order valence-corrected chi connectivity index (χ4v) is 3.92. The minimum absolute atomic E-state index is 0.0517. The van der Waals surface area contributed by atoms with Gasteiger partial charge in [-0.1, -0.05) is 38.8 Å². The minimum atomic E-state index is -0.593. The molecule has 39 heavy (non-hydrogen) atoms. The van der Waals surface area contributed by atoms with Crippen LogP contribution in [0.15, 0.2) is 64.3 Å². The van der Waals surface area contributed by atoms with Gasteiger partial charge in [0, 0.05) is 36.6 Å². The van der Waals surface area contributed by atoms with Crippen molar-refractivity contribution in [3.63, 3.8) is 0 Å². The highest BCUT2D eigenvalue weighted by Gasteiger charge is 2.34. The number of amides is 2. The molecule has 0 aromatic carbocycles. The standard InChI is InChI=1S/C25H28N4O4.C5H5N/c1-5-7-12-28-22(30)18(16(3)20(14-26)24(28)32)10-9-11-19-17(4)21(15-27)25(33)29(23(19)31)13-8-6-2;1-2-4-6-5-3-1/h9-11,30H,5-8,12-13H2,1-4H3;1-5H/b10-9+,19-11-;. The fourth-order valence-electron chi connectivity index (χ4n) is 3.92. The average Bonchev–Trinajstić information content (AvgIpc) is 2.94. The van der Waals surface area contributed by atoms with Crippen LogP contribution in [0.5, 0.6) is 5.88 Å². The molecule has 1 N–H and O–H groups in total. The number of aromatic nitrogens is 2. The number of carbonyl (C=O) groups is 2. The molecule has 2 aromatic rings. The number of unbranched alkanes of at least 4 members (excludes halogenated alkanes) is 2. The van der Waals surface area contributed by atoms with Crippen molar-refractivity contribution >= 4 is 17.9 Å². The van der Waals surface area contributed by atoms with Crippen molar-refractivity contribution < 1.29 is 14.7 Å². The lowest BCUT2D eigenvalue weighted by Gasteiger charge is -2.27. The van der Waals surface area contributed by atoms with Crippen LogP contribution in [-0.4, -0.2) is 37.9 Å². The van der Waals surface area contributed by atoms with Crippen molar-refractivity contribution in [1.82, 2.24) is 14.5 Å². The third-order valence-corrected chi connectivity index (χ3v) is 6.23. The number of nitriles is 2. The zero-order valence-corrected chi connectivity index (χ0v) is 22.8. The van der Waals surface area contributed by atoms with Crippen molar-refractivity contribution in [3.05, 3.63) is 86.5 Å². The number of aromatic hydroxyl groups is 1. The number of nitrogens with zero attached hydrogens (tertiary/aromatic N) is 5. The SMILES string of the molecule is CCCCN1C(=O)C(C#N)=C(C)/C(=C/C=C/c2c(C)c(C#N)c(=O)n(CCCC)c2O)C1=O.c1ccncc1. The van der Waals surface area contributed by atoms with Gasteiger partial charge in [0.2, 0.25) is 5.88 Å². The summed E-state index contributed by atoms with van der Waals surface area (Å²) in [5.41, 5.74) is 0.451. The molecule has 202 valence electrons. The number of rotatable bonds is 8. The van der Waals surface area contributed by atoms with Crippen LogP contribution in [0.25, 0.3) is 6.08 Å². The van der Waals surface area contributed by atoms with E-state index in [0.717, 1.165) is 17.7 Å². The molecule has 1 aliphatic heterocycles. The van der Waals surface area contributed by atoms with Crippen molar-refractivity contribution in [1.29, 1.82) is 10.5 Å². The Kier molecular flexibility index (Phi) is 11.6. The Bertz CT molecular complexity index is 1410. The summed E-state index contributed by atoms with van der Waals surface area (Å²) in [6.45, 7) is 7.52. The minimum Gasteiger partial charge on any atom is -0.494 e. The number of pyridine rings is 2. The lowest BCUT2D eigenvalue weighted by molar-refractivity contribution is -0.140. The summed E-state index contributed by atoms with van der Waals surface area (Å²) in [5, 5.41) is 29.6. The van der Waals surface area contributed by atoms with Crippen molar-refractivity contribution in [3.8, 4) is 18.0 Å². The van der Waals surface area contributed by atoms with Crippen molar-refractivity contribution in [2.24, 2.45) is 0 Å². The van der Waals surface area contributed by atoms with Gasteiger partial charge in [-0.15, -0.1) is 0 Å². The molecule has 3 rings (SSSR count). The second kappa shape index (κ2) is 14.8. The van der Waals surface area contributed by atoms with Gasteiger partial charge in [0.25, 0.3) is 17.4 Å². The number of hydrogen-bond donors (Lipinski definition) is 1. The van der Waals surface area contributed by atoms with Crippen LogP contribution in [-0.2, 0) is 16.1 Å². The Labute approximate surface area is 228 Å². The Morgan fingerprint density at radius 1 is 0.949 bits per heavy atom. The highest BCUT2D eigenvalue weighted by atomic mass is 16.3. The summed E-state index contributed by atoms with van der Waals surface area (Å²) in [4.78, 5) is 42.9. The molecule has 2 amide bonds. The van der Waals surface area contributed by atoms with Gasteiger partial charge in [-0.05, 0) is 62.1 Å². The highest BCUT2D eigenvalue weighted by Crippen LogP contribution is 2.27. The van der Waals surface area contributed by atoms with Crippen LogP contribution in [0, 0.1) is 29.6 Å². The van der Waals surface area contributed by atoms with E-state index in [1.807, 2.05) is 44.2 Å². The van der Waals surface area contributed by atoms with Crippen LogP contribution in [0.3, 0.4) is 0 Å². The molecule has 0 radical (unpaired) electrons. The van der Waals surface area contributed by atoms with Gasteiger partial charge in [-0.2, -0.15) is 10.5 Å². The molecule has 0 bridgehead atoms. The predicted octanol–water partition coefficient (Wildman–Crippen LogP) is 4.56. The van der Waals surface area contributed by atoms with Gasteiger partial charge >= 0.3 is 0 Å². The van der Waals surface area contributed by atoms with Crippen LogP contribution in [0.2, 0.25) is 0 Å². The number of imide groups is 1. The molecule has 3 heterocycles. The van der Waals surface area contributed by atoms with E-state index in [-0.39, 0.29) is 41.3 Å². The van der Waals surface area contributed by atoms with E-state index in [0.29, 0.717) is 24.0 Å². The summed E-state index contributed by atoms with van der Waals surface area (Å²) in [6, 6.07) is 9.52. The van der Waals surface area contributed by atoms with Gasteiger partial charge in [0.15, 0.2) is 0 Å². The first-order valence-corrected chi connectivity index (χ1v) is 12.8.